The molecule has 2 aliphatic rings. The summed E-state index contributed by atoms with van der Waals surface area (Å²) < 4.78 is 38.5. The fraction of sp³-hybridized carbons (Fsp3) is 0.609. The largest absolute Gasteiger partial charge is 0.495 e. The van der Waals surface area contributed by atoms with Crippen LogP contribution in [-0.2, 0) is 20.4 Å². The SMILES string of the molecule is COc1ccc(S(=O)(=O)N2CCCCCC2)cc1NC(=O)CNC1(c2noc(C)n2)CCCC1. The second-order valence-electron chi connectivity index (χ2n) is 9.01. The molecule has 2 fully saturated rings. The molecule has 34 heavy (non-hydrogen) atoms. The molecule has 2 N–H and O–H groups in total. The third-order valence-corrected chi connectivity index (χ3v) is 8.54. The molecule has 186 valence electrons. The van der Waals surface area contributed by atoms with Gasteiger partial charge in [0.25, 0.3) is 0 Å². The average Bonchev–Trinajstić information content (AvgIpc) is 3.39. The normalized spacial score (nSPS) is 19.0. The van der Waals surface area contributed by atoms with E-state index in [1.54, 1.807) is 13.0 Å². The van der Waals surface area contributed by atoms with Gasteiger partial charge in [-0.05, 0) is 43.9 Å². The second kappa shape index (κ2) is 10.4. The number of methoxy groups -OCH3 is 1. The maximum atomic E-state index is 13.2. The lowest BCUT2D eigenvalue weighted by Crippen LogP contribution is -2.44. The molecule has 1 amide bonds. The first kappa shape index (κ1) is 24.6. The quantitative estimate of drug-likeness (QED) is 0.577. The van der Waals surface area contributed by atoms with Crippen LogP contribution in [0.5, 0.6) is 5.75 Å². The van der Waals surface area contributed by atoms with Gasteiger partial charge in [0.15, 0.2) is 5.82 Å². The lowest BCUT2D eigenvalue weighted by Gasteiger charge is -2.26. The third kappa shape index (κ3) is 5.26. The van der Waals surface area contributed by atoms with Crippen LogP contribution in [0.2, 0.25) is 0 Å². The number of benzene rings is 1. The van der Waals surface area contributed by atoms with E-state index in [0.29, 0.717) is 36.2 Å². The molecule has 1 aliphatic carbocycles. The highest BCUT2D eigenvalue weighted by atomic mass is 32.2. The molecule has 1 aliphatic heterocycles. The number of rotatable bonds is 8. The van der Waals surface area contributed by atoms with Crippen molar-refractivity contribution in [2.75, 3.05) is 32.1 Å². The standard InChI is InChI=1S/C23H33N5O5S/c1-17-25-22(27-33-17)23(11-5-6-12-23)24-16-21(29)26-19-15-18(9-10-20(19)32-2)34(30,31)28-13-7-3-4-8-14-28/h9-10,15,24H,3-8,11-14,16H2,1-2H3,(H,26,29). The van der Waals surface area contributed by atoms with Gasteiger partial charge in [-0.3, -0.25) is 10.1 Å². The van der Waals surface area contributed by atoms with E-state index in [-0.39, 0.29) is 17.3 Å². The molecule has 10 nitrogen and oxygen atoms in total. The molecular weight excluding hydrogens is 458 g/mol. The van der Waals surface area contributed by atoms with E-state index in [2.05, 4.69) is 20.8 Å². The number of anilines is 1. The van der Waals surface area contributed by atoms with E-state index in [0.717, 1.165) is 51.4 Å². The van der Waals surface area contributed by atoms with Gasteiger partial charge < -0.3 is 14.6 Å². The molecular formula is C23H33N5O5S. The van der Waals surface area contributed by atoms with Crippen molar-refractivity contribution >= 4 is 21.6 Å². The first-order chi connectivity index (χ1) is 16.3. The zero-order chi connectivity index (χ0) is 24.2. The average molecular weight is 492 g/mol. The summed E-state index contributed by atoms with van der Waals surface area (Å²) in [5.41, 5.74) is -0.182. The van der Waals surface area contributed by atoms with Crippen LogP contribution in [0, 0.1) is 6.92 Å². The Bertz CT molecular complexity index is 1100. The Morgan fingerprint density at radius 3 is 2.47 bits per heavy atom. The minimum atomic E-state index is -3.65. The smallest absolute Gasteiger partial charge is 0.243 e. The zero-order valence-corrected chi connectivity index (χ0v) is 20.6. The Labute approximate surface area is 200 Å². The third-order valence-electron chi connectivity index (χ3n) is 6.65. The Hall–Kier alpha value is -2.50. The Morgan fingerprint density at radius 1 is 1.15 bits per heavy atom. The number of carbonyl (C=O) groups is 1. The molecule has 1 aromatic carbocycles. The van der Waals surface area contributed by atoms with Crippen molar-refractivity contribution in [1.82, 2.24) is 19.8 Å². The van der Waals surface area contributed by atoms with Crippen LogP contribution in [0.25, 0.3) is 0 Å². The van der Waals surface area contributed by atoms with Gasteiger partial charge in [0.2, 0.25) is 21.8 Å². The van der Waals surface area contributed by atoms with E-state index >= 15 is 0 Å². The van der Waals surface area contributed by atoms with Gasteiger partial charge >= 0.3 is 0 Å². The molecule has 0 atom stereocenters. The minimum absolute atomic E-state index is 0.0137. The molecule has 2 heterocycles. The maximum absolute atomic E-state index is 13.2. The van der Waals surface area contributed by atoms with Crippen molar-refractivity contribution in [2.24, 2.45) is 0 Å². The summed E-state index contributed by atoms with van der Waals surface area (Å²) in [6.07, 6.45) is 7.41. The highest BCUT2D eigenvalue weighted by molar-refractivity contribution is 7.89. The Balaban J connectivity index is 1.48. The van der Waals surface area contributed by atoms with E-state index < -0.39 is 15.6 Å². The lowest BCUT2D eigenvalue weighted by molar-refractivity contribution is -0.115. The van der Waals surface area contributed by atoms with E-state index in [1.165, 1.54) is 23.5 Å². The zero-order valence-electron chi connectivity index (χ0n) is 19.8. The van der Waals surface area contributed by atoms with Crippen molar-refractivity contribution in [3.8, 4) is 5.75 Å². The van der Waals surface area contributed by atoms with Crippen LogP contribution in [0.3, 0.4) is 0 Å². The number of hydrogen-bond acceptors (Lipinski definition) is 8. The van der Waals surface area contributed by atoms with Crippen molar-refractivity contribution in [1.29, 1.82) is 0 Å². The number of carbonyl (C=O) groups excluding carboxylic acids is 1. The number of ether oxygens (including phenoxy) is 1. The number of aryl methyl sites for hydroxylation is 1. The van der Waals surface area contributed by atoms with Gasteiger partial charge in [-0.1, -0.05) is 30.8 Å². The molecule has 2 aromatic rings. The molecule has 1 saturated carbocycles. The van der Waals surface area contributed by atoms with Crippen LogP contribution >= 0.6 is 0 Å². The van der Waals surface area contributed by atoms with Crippen molar-refractivity contribution in [2.45, 2.75) is 68.7 Å². The molecule has 0 radical (unpaired) electrons. The van der Waals surface area contributed by atoms with Crippen LogP contribution < -0.4 is 15.4 Å². The van der Waals surface area contributed by atoms with Crippen molar-refractivity contribution in [3.05, 3.63) is 29.9 Å². The fourth-order valence-electron chi connectivity index (χ4n) is 4.77. The number of amides is 1. The first-order valence-electron chi connectivity index (χ1n) is 11.9. The summed E-state index contributed by atoms with van der Waals surface area (Å²) in [6.45, 7) is 2.78. The lowest BCUT2D eigenvalue weighted by atomic mass is 9.96. The number of nitrogens with one attached hydrogen (secondary N) is 2. The molecule has 4 rings (SSSR count). The monoisotopic (exact) mass is 491 g/mol. The predicted molar refractivity (Wildman–Crippen MR) is 126 cm³/mol. The summed E-state index contributed by atoms with van der Waals surface area (Å²) in [7, 11) is -2.17. The van der Waals surface area contributed by atoms with Gasteiger partial charge in [0, 0.05) is 20.0 Å². The van der Waals surface area contributed by atoms with Crippen LogP contribution in [-0.4, -0.2) is 55.5 Å². The van der Waals surface area contributed by atoms with Crippen molar-refractivity contribution in [3.63, 3.8) is 0 Å². The Kier molecular flexibility index (Phi) is 7.54. The molecule has 11 heteroatoms. The second-order valence-corrected chi connectivity index (χ2v) is 10.9. The van der Waals surface area contributed by atoms with Crippen LogP contribution in [0.4, 0.5) is 5.69 Å². The summed E-state index contributed by atoms with van der Waals surface area (Å²) in [6, 6.07) is 4.58. The van der Waals surface area contributed by atoms with Crippen molar-refractivity contribution < 1.29 is 22.5 Å². The number of hydrogen-bond donors (Lipinski definition) is 2. The maximum Gasteiger partial charge on any atom is 0.243 e. The molecule has 1 saturated heterocycles. The van der Waals surface area contributed by atoms with Gasteiger partial charge in [-0.2, -0.15) is 9.29 Å². The number of nitrogens with zero attached hydrogens (tertiary/aromatic N) is 3. The van der Waals surface area contributed by atoms with E-state index in [9.17, 15) is 13.2 Å². The summed E-state index contributed by atoms with van der Waals surface area (Å²) >= 11 is 0. The van der Waals surface area contributed by atoms with E-state index in [4.69, 9.17) is 9.26 Å². The number of sulfonamides is 1. The Morgan fingerprint density at radius 2 is 1.85 bits per heavy atom. The van der Waals surface area contributed by atoms with E-state index in [1.807, 2.05) is 0 Å². The molecule has 1 aromatic heterocycles. The molecule has 0 unspecified atom stereocenters. The minimum Gasteiger partial charge on any atom is -0.495 e. The van der Waals surface area contributed by atoms with Gasteiger partial charge in [-0.15, -0.1) is 0 Å². The molecule has 0 spiro atoms. The van der Waals surface area contributed by atoms with Gasteiger partial charge in [0.05, 0.1) is 29.8 Å². The first-order valence-corrected chi connectivity index (χ1v) is 13.3. The fourth-order valence-corrected chi connectivity index (χ4v) is 6.32. The van der Waals surface area contributed by atoms with Gasteiger partial charge in [0.1, 0.15) is 5.75 Å². The highest BCUT2D eigenvalue weighted by Crippen LogP contribution is 2.37. The summed E-state index contributed by atoms with van der Waals surface area (Å²) in [5, 5.41) is 10.2. The summed E-state index contributed by atoms with van der Waals surface area (Å²) in [4.78, 5) is 17.4. The topological polar surface area (TPSA) is 127 Å². The highest BCUT2D eigenvalue weighted by Gasteiger charge is 2.40. The van der Waals surface area contributed by atoms with Crippen LogP contribution in [0.15, 0.2) is 27.6 Å². The van der Waals surface area contributed by atoms with Crippen LogP contribution in [0.1, 0.15) is 63.1 Å². The van der Waals surface area contributed by atoms with Gasteiger partial charge in [-0.25, -0.2) is 8.42 Å². The summed E-state index contributed by atoms with van der Waals surface area (Å²) in [5.74, 6) is 1.14. The molecule has 0 bridgehead atoms. The number of aromatic nitrogens is 2. The predicted octanol–water partition coefficient (Wildman–Crippen LogP) is 2.95.